The van der Waals surface area contributed by atoms with E-state index in [-0.39, 0.29) is 11.1 Å². The lowest BCUT2D eigenvalue weighted by molar-refractivity contribution is 0.343. The van der Waals surface area contributed by atoms with Gasteiger partial charge in [-0.15, -0.1) is 0 Å². The van der Waals surface area contributed by atoms with Gasteiger partial charge in [-0.1, -0.05) is 0 Å². The number of hydrogen-bond donors (Lipinski definition) is 0. The van der Waals surface area contributed by atoms with Crippen molar-refractivity contribution >= 4 is 21.8 Å². The van der Waals surface area contributed by atoms with Crippen molar-refractivity contribution in [2.75, 3.05) is 6.61 Å². The van der Waals surface area contributed by atoms with Crippen LogP contribution in [0.5, 0.6) is 5.75 Å². The van der Waals surface area contributed by atoms with Crippen molar-refractivity contribution in [3.63, 3.8) is 0 Å². The van der Waals surface area contributed by atoms with Gasteiger partial charge in [-0.25, -0.2) is 17.6 Å². The van der Waals surface area contributed by atoms with Crippen molar-refractivity contribution in [1.82, 2.24) is 9.55 Å². The molecule has 0 fully saturated rings. The monoisotopic (exact) mass is 374 g/mol. The van der Waals surface area contributed by atoms with E-state index >= 15 is 0 Å². The molecule has 2 aromatic heterocycles. The van der Waals surface area contributed by atoms with Gasteiger partial charge in [0, 0.05) is 42.0 Å². The van der Waals surface area contributed by atoms with Crippen LogP contribution in [0.1, 0.15) is 6.92 Å². The van der Waals surface area contributed by atoms with Crippen molar-refractivity contribution in [2.45, 2.75) is 6.92 Å². The molecule has 4 aromatic rings. The Hall–Kier alpha value is -3.09. The molecule has 0 saturated heterocycles. The molecule has 0 N–H and O–H groups in total. The molecule has 27 heavy (non-hydrogen) atoms. The fraction of sp³-hybridized carbons (Fsp3) is 0.150. The van der Waals surface area contributed by atoms with Crippen LogP contribution in [0.25, 0.3) is 32.9 Å². The number of aryl methyl sites for hydroxylation is 1. The molecule has 0 aliphatic carbocycles. The molecule has 4 rings (SSSR count). The summed E-state index contributed by atoms with van der Waals surface area (Å²) in [5.41, 5.74) is 0.00350. The Bertz CT molecular complexity index is 1200. The van der Waals surface area contributed by atoms with Crippen LogP contribution in [-0.2, 0) is 7.05 Å². The summed E-state index contributed by atoms with van der Waals surface area (Å²) in [5, 5.41) is 1.22. The number of nitrogens with zero attached hydrogens (tertiary/aromatic N) is 2. The first kappa shape index (κ1) is 17.3. The minimum Gasteiger partial charge on any atom is -0.492 e. The van der Waals surface area contributed by atoms with Gasteiger partial charge in [0.25, 0.3) is 0 Å². The van der Waals surface area contributed by atoms with E-state index in [4.69, 9.17) is 4.74 Å². The zero-order valence-electron chi connectivity index (χ0n) is 14.5. The predicted octanol–water partition coefficient (Wildman–Crippen LogP) is 5.35. The standard InChI is InChI=1S/C20H14F4N2O/c1-3-27-16-9-26(2)20-11-4-5-14(22)17(19(11)25-8-13(16)20)12-6-10(21)7-15(23)18(12)24/h4-9H,3H2,1-2H3. The highest BCUT2D eigenvalue weighted by atomic mass is 19.2. The third-order valence-electron chi connectivity index (χ3n) is 4.45. The summed E-state index contributed by atoms with van der Waals surface area (Å²) in [4.78, 5) is 4.26. The number of pyridine rings is 1. The Kier molecular flexibility index (Phi) is 4.02. The maximum Gasteiger partial charge on any atom is 0.167 e. The van der Waals surface area contributed by atoms with Crippen LogP contribution in [0.3, 0.4) is 0 Å². The minimum atomic E-state index is -1.39. The maximum absolute atomic E-state index is 14.6. The number of rotatable bonds is 3. The van der Waals surface area contributed by atoms with Gasteiger partial charge < -0.3 is 9.30 Å². The summed E-state index contributed by atoms with van der Waals surface area (Å²) in [6.07, 6.45) is 3.25. The Morgan fingerprint density at radius 3 is 2.56 bits per heavy atom. The van der Waals surface area contributed by atoms with Gasteiger partial charge in [0.2, 0.25) is 0 Å². The van der Waals surface area contributed by atoms with E-state index in [1.807, 2.05) is 6.92 Å². The van der Waals surface area contributed by atoms with Crippen molar-refractivity contribution in [2.24, 2.45) is 7.05 Å². The third kappa shape index (κ3) is 2.61. The first-order chi connectivity index (χ1) is 12.9. The van der Waals surface area contributed by atoms with Gasteiger partial charge in [0.1, 0.15) is 17.4 Å². The van der Waals surface area contributed by atoms with Crippen molar-refractivity contribution in [3.8, 4) is 16.9 Å². The number of benzene rings is 2. The van der Waals surface area contributed by atoms with Crippen LogP contribution in [0.4, 0.5) is 17.6 Å². The molecule has 7 heteroatoms. The molecule has 0 aliphatic heterocycles. The molecule has 0 spiro atoms. The average molecular weight is 374 g/mol. The molecule has 0 aliphatic rings. The third-order valence-corrected chi connectivity index (χ3v) is 4.45. The Morgan fingerprint density at radius 1 is 1.04 bits per heavy atom. The zero-order valence-corrected chi connectivity index (χ0v) is 14.5. The van der Waals surface area contributed by atoms with Gasteiger partial charge in [0.15, 0.2) is 11.6 Å². The lowest BCUT2D eigenvalue weighted by Gasteiger charge is -2.11. The van der Waals surface area contributed by atoms with E-state index in [9.17, 15) is 17.6 Å². The molecule has 138 valence electrons. The highest BCUT2D eigenvalue weighted by Crippen LogP contribution is 2.38. The zero-order chi connectivity index (χ0) is 19.3. The summed E-state index contributed by atoms with van der Waals surface area (Å²) in [7, 11) is 1.79. The van der Waals surface area contributed by atoms with Gasteiger partial charge in [-0.3, -0.25) is 4.98 Å². The minimum absolute atomic E-state index is 0.107. The maximum atomic E-state index is 14.6. The van der Waals surface area contributed by atoms with E-state index in [0.29, 0.717) is 34.7 Å². The van der Waals surface area contributed by atoms with E-state index in [1.54, 1.807) is 17.8 Å². The number of aromatic nitrogens is 2. The molecule has 2 heterocycles. The molecule has 0 radical (unpaired) electrons. The van der Waals surface area contributed by atoms with E-state index in [2.05, 4.69) is 4.98 Å². The SMILES string of the molecule is CCOc1cn(C)c2c1cnc1c(-c3cc(F)cc(F)c3F)c(F)ccc12. The van der Waals surface area contributed by atoms with Crippen LogP contribution >= 0.6 is 0 Å². The molecule has 0 atom stereocenters. The van der Waals surface area contributed by atoms with Crippen LogP contribution in [0.15, 0.2) is 36.7 Å². The molecule has 0 amide bonds. The predicted molar refractivity (Wildman–Crippen MR) is 94.7 cm³/mol. The topological polar surface area (TPSA) is 27.1 Å². The Morgan fingerprint density at radius 2 is 1.81 bits per heavy atom. The Labute approximate surface area is 151 Å². The quantitative estimate of drug-likeness (QED) is 0.357. The molecule has 0 bridgehead atoms. The highest BCUT2D eigenvalue weighted by molar-refractivity contribution is 6.10. The second-order valence-electron chi connectivity index (χ2n) is 6.13. The van der Waals surface area contributed by atoms with Crippen LogP contribution in [0.2, 0.25) is 0 Å². The number of ether oxygens (including phenoxy) is 1. The van der Waals surface area contributed by atoms with Crippen LogP contribution in [-0.4, -0.2) is 16.2 Å². The lowest BCUT2D eigenvalue weighted by Crippen LogP contribution is -1.98. The van der Waals surface area contributed by atoms with Crippen molar-refractivity contribution < 1.29 is 22.3 Å². The molecule has 0 unspecified atom stereocenters. The van der Waals surface area contributed by atoms with Crippen LogP contribution in [0, 0.1) is 23.3 Å². The summed E-state index contributed by atoms with van der Waals surface area (Å²) in [5.74, 6) is -3.93. The average Bonchev–Trinajstić information content (AvgIpc) is 2.94. The van der Waals surface area contributed by atoms with Gasteiger partial charge >= 0.3 is 0 Å². The van der Waals surface area contributed by atoms with E-state index in [0.717, 1.165) is 12.1 Å². The normalized spacial score (nSPS) is 11.5. The van der Waals surface area contributed by atoms with E-state index in [1.165, 1.54) is 12.3 Å². The summed E-state index contributed by atoms with van der Waals surface area (Å²) in [6.45, 7) is 2.31. The second kappa shape index (κ2) is 6.26. The van der Waals surface area contributed by atoms with Gasteiger partial charge in [-0.05, 0) is 25.1 Å². The van der Waals surface area contributed by atoms with E-state index < -0.39 is 28.8 Å². The molecular weight excluding hydrogens is 360 g/mol. The fourth-order valence-electron chi connectivity index (χ4n) is 3.36. The van der Waals surface area contributed by atoms with Crippen molar-refractivity contribution in [1.29, 1.82) is 0 Å². The summed E-state index contributed by atoms with van der Waals surface area (Å²) >= 11 is 0. The molecule has 3 nitrogen and oxygen atoms in total. The smallest absolute Gasteiger partial charge is 0.167 e. The first-order valence-corrected chi connectivity index (χ1v) is 8.26. The molecule has 0 saturated carbocycles. The second-order valence-corrected chi connectivity index (χ2v) is 6.13. The van der Waals surface area contributed by atoms with Gasteiger partial charge in [-0.2, -0.15) is 0 Å². The number of fused-ring (bicyclic) bond motifs is 3. The largest absolute Gasteiger partial charge is 0.492 e. The molecule has 2 aromatic carbocycles. The number of halogens is 4. The summed E-state index contributed by atoms with van der Waals surface area (Å²) in [6, 6.07) is 3.82. The van der Waals surface area contributed by atoms with Gasteiger partial charge in [0.05, 0.1) is 23.0 Å². The Balaban J connectivity index is 2.12. The number of hydrogen-bond acceptors (Lipinski definition) is 2. The summed E-state index contributed by atoms with van der Waals surface area (Å²) < 4.78 is 63.6. The highest BCUT2D eigenvalue weighted by Gasteiger charge is 2.21. The first-order valence-electron chi connectivity index (χ1n) is 8.26. The van der Waals surface area contributed by atoms with Crippen molar-refractivity contribution in [3.05, 3.63) is 59.9 Å². The lowest BCUT2D eigenvalue weighted by atomic mass is 9.99. The van der Waals surface area contributed by atoms with Crippen LogP contribution < -0.4 is 4.74 Å². The fourth-order valence-corrected chi connectivity index (χ4v) is 3.36. The molecular formula is C20H14F4N2O.